The number of nitrogens with one attached hydrogen (secondary N) is 1. The molecule has 0 spiro atoms. The first kappa shape index (κ1) is 13.4. The molecule has 0 aliphatic carbocycles. The Morgan fingerprint density at radius 3 is 2.36 bits per heavy atom. The quantitative estimate of drug-likeness (QED) is 0.481. The molecule has 84 valence electrons. The van der Waals surface area contributed by atoms with Gasteiger partial charge in [-0.1, -0.05) is 20.3 Å². The zero-order valence-electron chi connectivity index (χ0n) is 8.78. The van der Waals surface area contributed by atoms with Crippen LogP contribution in [0.1, 0.15) is 26.7 Å². The van der Waals surface area contributed by atoms with Crippen molar-refractivity contribution in [2.75, 3.05) is 18.8 Å². The van der Waals surface area contributed by atoms with Gasteiger partial charge in [-0.05, 0) is 6.42 Å². The average molecular weight is 221 g/mol. The second-order valence-electron chi connectivity index (χ2n) is 3.12. The van der Waals surface area contributed by atoms with Gasteiger partial charge in [-0.15, -0.1) is 0 Å². The van der Waals surface area contributed by atoms with E-state index in [1.165, 1.54) is 4.31 Å². The minimum Gasteiger partial charge on any atom is -0.387 e. The first-order valence-corrected chi connectivity index (χ1v) is 6.35. The van der Waals surface area contributed by atoms with E-state index in [2.05, 4.69) is 0 Å². The highest BCUT2D eigenvalue weighted by Gasteiger charge is 2.19. The summed E-state index contributed by atoms with van der Waals surface area (Å²) in [6.45, 7) is 4.05. The van der Waals surface area contributed by atoms with E-state index in [1.807, 2.05) is 6.92 Å². The lowest BCUT2D eigenvalue weighted by Gasteiger charge is -2.19. The highest BCUT2D eigenvalue weighted by Crippen LogP contribution is 2.03. The van der Waals surface area contributed by atoms with Gasteiger partial charge >= 0.3 is 0 Å². The van der Waals surface area contributed by atoms with E-state index in [-0.39, 0.29) is 18.1 Å². The van der Waals surface area contributed by atoms with Gasteiger partial charge in [0.05, 0.1) is 12.3 Å². The first-order chi connectivity index (χ1) is 6.44. The Kier molecular flexibility index (Phi) is 5.71. The van der Waals surface area contributed by atoms with Gasteiger partial charge in [0, 0.05) is 6.54 Å². The van der Waals surface area contributed by atoms with Gasteiger partial charge in [0.25, 0.3) is 0 Å². The monoisotopic (exact) mass is 221 g/mol. The zero-order valence-corrected chi connectivity index (χ0v) is 9.60. The van der Waals surface area contributed by atoms with Crippen molar-refractivity contribution < 1.29 is 8.42 Å². The number of likely N-dealkylation sites (N-methyl/N-ethyl adjacent to an activating group) is 1. The summed E-state index contributed by atoms with van der Waals surface area (Å²) in [5, 5.41) is 7.06. The predicted molar refractivity (Wildman–Crippen MR) is 57.9 cm³/mol. The summed E-state index contributed by atoms with van der Waals surface area (Å²) in [7, 11) is -3.22. The summed E-state index contributed by atoms with van der Waals surface area (Å²) in [4.78, 5) is 0. The third-order valence-electron chi connectivity index (χ3n) is 1.85. The van der Waals surface area contributed by atoms with Gasteiger partial charge in [-0.3, -0.25) is 5.41 Å². The van der Waals surface area contributed by atoms with Crippen LogP contribution in [0, 0.1) is 5.41 Å². The SMILES string of the molecule is CCCCS(=O)(=O)N(CC)CC(=N)N. The number of nitrogens with zero attached hydrogens (tertiary/aromatic N) is 1. The standard InChI is InChI=1S/C8H19N3O2S/c1-3-5-6-14(12,13)11(4-2)7-8(9)10/h3-7H2,1-2H3,(H3,9,10). The van der Waals surface area contributed by atoms with Gasteiger partial charge in [0.1, 0.15) is 5.84 Å². The van der Waals surface area contributed by atoms with E-state index in [9.17, 15) is 8.42 Å². The molecule has 0 rings (SSSR count). The molecule has 0 heterocycles. The molecular weight excluding hydrogens is 202 g/mol. The Hall–Kier alpha value is -0.620. The number of sulfonamides is 1. The Bertz CT molecular complexity index is 274. The number of rotatable bonds is 7. The topological polar surface area (TPSA) is 87.2 Å². The molecule has 6 heteroatoms. The van der Waals surface area contributed by atoms with Gasteiger partial charge in [-0.25, -0.2) is 8.42 Å². The van der Waals surface area contributed by atoms with Crippen molar-refractivity contribution in [3.8, 4) is 0 Å². The van der Waals surface area contributed by atoms with Gasteiger partial charge in [-0.2, -0.15) is 4.31 Å². The molecule has 0 bridgehead atoms. The molecule has 5 nitrogen and oxygen atoms in total. The number of hydrogen-bond donors (Lipinski definition) is 2. The summed E-state index contributed by atoms with van der Waals surface area (Å²) in [6.07, 6.45) is 1.49. The molecule has 0 aromatic carbocycles. The van der Waals surface area contributed by atoms with Gasteiger partial charge in [0.2, 0.25) is 10.0 Å². The van der Waals surface area contributed by atoms with Crippen LogP contribution in [0.4, 0.5) is 0 Å². The maximum absolute atomic E-state index is 11.6. The molecule has 0 saturated carbocycles. The largest absolute Gasteiger partial charge is 0.387 e. The van der Waals surface area contributed by atoms with Crippen LogP contribution in [0.3, 0.4) is 0 Å². The van der Waals surface area contributed by atoms with Crippen LogP contribution in [0.15, 0.2) is 0 Å². The fraction of sp³-hybridized carbons (Fsp3) is 0.875. The van der Waals surface area contributed by atoms with Crippen LogP contribution >= 0.6 is 0 Å². The molecule has 0 aromatic rings. The average Bonchev–Trinajstić information content (AvgIpc) is 2.10. The highest BCUT2D eigenvalue weighted by molar-refractivity contribution is 7.89. The Morgan fingerprint density at radius 2 is 2.00 bits per heavy atom. The summed E-state index contributed by atoms with van der Waals surface area (Å²) >= 11 is 0. The van der Waals surface area contributed by atoms with E-state index in [0.717, 1.165) is 6.42 Å². The van der Waals surface area contributed by atoms with Crippen molar-refractivity contribution >= 4 is 15.9 Å². The van der Waals surface area contributed by atoms with Gasteiger partial charge < -0.3 is 5.73 Å². The third kappa shape index (κ3) is 4.57. The van der Waals surface area contributed by atoms with E-state index >= 15 is 0 Å². The molecule has 0 aromatic heterocycles. The molecule has 0 atom stereocenters. The molecular formula is C8H19N3O2S. The molecule has 0 fully saturated rings. The fourth-order valence-electron chi connectivity index (χ4n) is 1.05. The molecule has 0 saturated heterocycles. The number of hydrogen-bond acceptors (Lipinski definition) is 3. The number of amidine groups is 1. The molecule has 0 radical (unpaired) electrons. The summed E-state index contributed by atoms with van der Waals surface area (Å²) in [5.41, 5.74) is 5.17. The fourth-order valence-corrected chi connectivity index (χ4v) is 2.69. The predicted octanol–water partition coefficient (Wildman–Crippen LogP) is 0.374. The van der Waals surface area contributed by atoms with Crippen molar-refractivity contribution in [3.05, 3.63) is 0 Å². The van der Waals surface area contributed by atoms with E-state index in [1.54, 1.807) is 6.92 Å². The second-order valence-corrected chi connectivity index (χ2v) is 5.21. The molecule has 0 aliphatic rings. The minimum absolute atomic E-state index is 0.00253. The molecule has 0 aliphatic heterocycles. The van der Waals surface area contributed by atoms with Gasteiger partial charge in [0.15, 0.2) is 0 Å². The highest BCUT2D eigenvalue weighted by atomic mass is 32.2. The van der Waals surface area contributed by atoms with Crippen LogP contribution in [-0.2, 0) is 10.0 Å². The maximum atomic E-state index is 11.6. The van der Waals surface area contributed by atoms with Crippen LogP contribution in [0.25, 0.3) is 0 Å². The van der Waals surface area contributed by atoms with Crippen LogP contribution < -0.4 is 5.73 Å². The summed E-state index contributed by atoms with van der Waals surface area (Å²) in [5.74, 6) is 0.0249. The van der Waals surface area contributed by atoms with E-state index in [4.69, 9.17) is 11.1 Å². The molecule has 3 N–H and O–H groups in total. The van der Waals surface area contributed by atoms with Crippen molar-refractivity contribution in [3.63, 3.8) is 0 Å². The number of unbranched alkanes of at least 4 members (excludes halogenated alkanes) is 1. The molecule has 0 unspecified atom stereocenters. The first-order valence-electron chi connectivity index (χ1n) is 4.74. The van der Waals surface area contributed by atoms with Crippen molar-refractivity contribution in [2.45, 2.75) is 26.7 Å². The lowest BCUT2D eigenvalue weighted by molar-refractivity contribution is 0.464. The second kappa shape index (κ2) is 5.98. The third-order valence-corrected chi connectivity index (χ3v) is 3.83. The van der Waals surface area contributed by atoms with E-state index in [0.29, 0.717) is 13.0 Å². The summed E-state index contributed by atoms with van der Waals surface area (Å²) < 4.78 is 24.5. The maximum Gasteiger partial charge on any atom is 0.214 e. The molecule has 14 heavy (non-hydrogen) atoms. The Labute approximate surface area is 85.8 Å². The minimum atomic E-state index is -3.22. The van der Waals surface area contributed by atoms with Crippen molar-refractivity contribution in [1.29, 1.82) is 5.41 Å². The Balaban J connectivity index is 4.41. The summed E-state index contributed by atoms with van der Waals surface area (Å²) in [6, 6.07) is 0. The smallest absolute Gasteiger partial charge is 0.214 e. The normalized spacial score (nSPS) is 11.9. The lowest BCUT2D eigenvalue weighted by Crippen LogP contribution is -2.39. The van der Waals surface area contributed by atoms with Crippen molar-refractivity contribution in [1.82, 2.24) is 4.31 Å². The van der Waals surface area contributed by atoms with Crippen LogP contribution in [0.2, 0.25) is 0 Å². The lowest BCUT2D eigenvalue weighted by atomic mass is 10.4. The number of nitrogens with two attached hydrogens (primary N) is 1. The van der Waals surface area contributed by atoms with E-state index < -0.39 is 10.0 Å². The van der Waals surface area contributed by atoms with Crippen molar-refractivity contribution in [2.24, 2.45) is 5.73 Å². The Morgan fingerprint density at radius 1 is 1.43 bits per heavy atom. The van der Waals surface area contributed by atoms with Crippen LogP contribution in [-0.4, -0.2) is 37.4 Å². The molecule has 0 amide bonds. The zero-order chi connectivity index (χ0) is 11.2. The van der Waals surface area contributed by atoms with Crippen LogP contribution in [0.5, 0.6) is 0 Å².